The average Bonchev–Trinajstić information content (AvgIpc) is 2.94. The van der Waals surface area contributed by atoms with E-state index in [-0.39, 0.29) is 0 Å². The summed E-state index contributed by atoms with van der Waals surface area (Å²) in [6.07, 6.45) is 4.64. The monoisotopic (exact) mass is 270 g/mol. The lowest BCUT2D eigenvalue weighted by Crippen LogP contribution is -2.08. The molecule has 1 aromatic heterocycles. The van der Waals surface area contributed by atoms with E-state index in [0.717, 1.165) is 24.2 Å². The van der Waals surface area contributed by atoms with Crippen LogP contribution in [0.1, 0.15) is 24.9 Å². The Morgan fingerprint density at radius 1 is 1.45 bits per heavy atom. The first-order chi connectivity index (χ1) is 9.78. The molecule has 5 heteroatoms. The zero-order valence-electron chi connectivity index (χ0n) is 11.7. The highest BCUT2D eigenvalue weighted by Crippen LogP contribution is 2.27. The van der Waals surface area contributed by atoms with E-state index in [9.17, 15) is 5.26 Å². The van der Waals surface area contributed by atoms with Crippen molar-refractivity contribution in [2.75, 3.05) is 12.4 Å². The molecule has 1 heterocycles. The number of para-hydroxylation sites is 2. The van der Waals surface area contributed by atoms with Gasteiger partial charge in [0.15, 0.2) is 0 Å². The summed E-state index contributed by atoms with van der Waals surface area (Å²) < 4.78 is 7.13. The summed E-state index contributed by atoms with van der Waals surface area (Å²) in [6, 6.07) is 9.35. The van der Waals surface area contributed by atoms with Crippen LogP contribution in [0.3, 0.4) is 0 Å². The molecule has 20 heavy (non-hydrogen) atoms. The van der Waals surface area contributed by atoms with Crippen molar-refractivity contribution in [3.63, 3.8) is 0 Å². The number of nitriles is 1. The molecule has 1 unspecified atom stereocenters. The van der Waals surface area contributed by atoms with Gasteiger partial charge in [0.05, 0.1) is 25.1 Å². The van der Waals surface area contributed by atoms with E-state index in [1.165, 1.54) is 0 Å². The number of ether oxygens (including phenoxy) is 1. The zero-order valence-corrected chi connectivity index (χ0v) is 11.7. The van der Waals surface area contributed by atoms with Crippen LogP contribution in [0, 0.1) is 11.3 Å². The van der Waals surface area contributed by atoms with Crippen molar-refractivity contribution in [2.45, 2.75) is 25.9 Å². The van der Waals surface area contributed by atoms with E-state index in [4.69, 9.17) is 4.74 Å². The molecule has 0 bridgehead atoms. The number of benzene rings is 1. The van der Waals surface area contributed by atoms with Gasteiger partial charge in [-0.15, -0.1) is 0 Å². The van der Waals surface area contributed by atoms with Gasteiger partial charge in [0.1, 0.15) is 11.8 Å². The van der Waals surface area contributed by atoms with E-state index in [1.807, 2.05) is 35.1 Å². The summed E-state index contributed by atoms with van der Waals surface area (Å²) in [4.78, 5) is 0. The number of hydrogen-bond acceptors (Lipinski definition) is 4. The molecule has 0 spiro atoms. The summed E-state index contributed by atoms with van der Waals surface area (Å²) in [5.74, 6) is 0.716. The molecule has 0 saturated heterocycles. The topological polar surface area (TPSA) is 62.9 Å². The lowest BCUT2D eigenvalue weighted by atomic mass is 10.1. The van der Waals surface area contributed by atoms with Gasteiger partial charge in [-0.05, 0) is 18.6 Å². The second-order valence-corrected chi connectivity index (χ2v) is 4.44. The summed E-state index contributed by atoms with van der Waals surface area (Å²) in [5, 5.41) is 16.8. The Morgan fingerprint density at radius 2 is 2.25 bits per heavy atom. The van der Waals surface area contributed by atoms with Crippen LogP contribution in [0.5, 0.6) is 5.75 Å². The first-order valence-electron chi connectivity index (χ1n) is 6.60. The lowest BCUT2D eigenvalue weighted by molar-refractivity contribution is 0.416. The van der Waals surface area contributed by atoms with Gasteiger partial charge in [0.25, 0.3) is 0 Å². The molecule has 0 aliphatic rings. The maximum atomic E-state index is 9.35. The van der Waals surface area contributed by atoms with Gasteiger partial charge in [0.2, 0.25) is 0 Å². The molecule has 1 N–H and O–H groups in total. The van der Waals surface area contributed by atoms with Crippen molar-refractivity contribution in [2.24, 2.45) is 0 Å². The minimum Gasteiger partial charge on any atom is -0.495 e. The Morgan fingerprint density at radius 3 is 2.95 bits per heavy atom. The number of nitrogens with zero attached hydrogens (tertiary/aromatic N) is 3. The van der Waals surface area contributed by atoms with Crippen LogP contribution in [-0.4, -0.2) is 16.9 Å². The largest absolute Gasteiger partial charge is 0.495 e. The molecule has 2 aromatic rings. The van der Waals surface area contributed by atoms with Crippen molar-refractivity contribution >= 4 is 5.69 Å². The summed E-state index contributed by atoms with van der Waals surface area (Å²) in [6.45, 7) is 2.95. The van der Waals surface area contributed by atoms with Crippen LogP contribution >= 0.6 is 0 Å². The van der Waals surface area contributed by atoms with Gasteiger partial charge in [0, 0.05) is 18.3 Å². The fourth-order valence-corrected chi connectivity index (χ4v) is 1.99. The number of aromatic nitrogens is 2. The first kappa shape index (κ1) is 13.9. The normalized spacial score (nSPS) is 11.7. The third-order valence-electron chi connectivity index (χ3n) is 2.98. The SMILES string of the molecule is CCCn1cc(C(C#N)Nc2ccccc2OC)cn1. The third kappa shape index (κ3) is 3.09. The standard InChI is InChI=1S/C15H18N4O/c1-3-8-19-11-12(10-17-19)14(9-16)18-13-6-4-5-7-15(13)20-2/h4-7,10-11,14,18H,3,8H2,1-2H3. The Hall–Kier alpha value is -2.48. The smallest absolute Gasteiger partial charge is 0.143 e. The fraction of sp³-hybridized carbons (Fsp3) is 0.333. The van der Waals surface area contributed by atoms with Gasteiger partial charge in [-0.1, -0.05) is 19.1 Å². The van der Waals surface area contributed by atoms with Crippen molar-refractivity contribution in [1.82, 2.24) is 9.78 Å². The summed E-state index contributed by atoms with van der Waals surface area (Å²) in [7, 11) is 1.61. The van der Waals surface area contributed by atoms with E-state index < -0.39 is 6.04 Å². The molecular formula is C15H18N4O. The molecule has 1 atom stereocenters. The number of rotatable bonds is 6. The van der Waals surface area contributed by atoms with E-state index >= 15 is 0 Å². The van der Waals surface area contributed by atoms with Crippen molar-refractivity contribution in [3.8, 4) is 11.8 Å². The highest BCUT2D eigenvalue weighted by Gasteiger charge is 2.14. The zero-order chi connectivity index (χ0) is 14.4. The Balaban J connectivity index is 2.18. The van der Waals surface area contributed by atoms with Crippen LogP contribution in [0.2, 0.25) is 0 Å². The molecular weight excluding hydrogens is 252 g/mol. The Bertz CT molecular complexity index is 600. The Kier molecular flexibility index (Phi) is 4.61. The number of nitrogens with one attached hydrogen (secondary N) is 1. The van der Waals surface area contributed by atoms with Crippen LogP contribution in [0.15, 0.2) is 36.7 Å². The van der Waals surface area contributed by atoms with Crippen LogP contribution in [0.4, 0.5) is 5.69 Å². The maximum Gasteiger partial charge on any atom is 0.143 e. The number of aryl methyl sites for hydroxylation is 1. The van der Waals surface area contributed by atoms with Gasteiger partial charge < -0.3 is 10.1 Å². The van der Waals surface area contributed by atoms with Crippen LogP contribution in [-0.2, 0) is 6.54 Å². The third-order valence-corrected chi connectivity index (χ3v) is 2.98. The Labute approximate surface area is 118 Å². The molecule has 0 aliphatic heterocycles. The molecule has 1 aromatic carbocycles. The first-order valence-corrected chi connectivity index (χ1v) is 6.60. The molecule has 5 nitrogen and oxygen atoms in total. The highest BCUT2D eigenvalue weighted by atomic mass is 16.5. The number of methoxy groups -OCH3 is 1. The average molecular weight is 270 g/mol. The fourth-order valence-electron chi connectivity index (χ4n) is 1.99. The van der Waals surface area contributed by atoms with E-state index in [1.54, 1.807) is 13.3 Å². The van der Waals surface area contributed by atoms with Crippen molar-refractivity contribution < 1.29 is 4.74 Å². The predicted octanol–water partition coefficient (Wildman–Crippen LogP) is 2.98. The van der Waals surface area contributed by atoms with Crippen LogP contribution < -0.4 is 10.1 Å². The van der Waals surface area contributed by atoms with Crippen LogP contribution in [0.25, 0.3) is 0 Å². The minimum absolute atomic E-state index is 0.447. The molecule has 2 rings (SSSR count). The molecule has 104 valence electrons. The van der Waals surface area contributed by atoms with Gasteiger partial charge >= 0.3 is 0 Å². The van der Waals surface area contributed by atoms with Crippen molar-refractivity contribution in [1.29, 1.82) is 5.26 Å². The molecule has 0 fully saturated rings. The number of hydrogen-bond donors (Lipinski definition) is 1. The predicted molar refractivity (Wildman–Crippen MR) is 77.5 cm³/mol. The lowest BCUT2D eigenvalue weighted by Gasteiger charge is -2.14. The molecule has 0 saturated carbocycles. The number of anilines is 1. The van der Waals surface area contributed by atoms with E-state index in [0.29, 0.717) is 5.75 Å². The summed E-state index contributed by atoms with van der Waals surface area (Å²) in [5.41, 5.74) is 1.65. The van der Waals surface area contributed by atoms with Gasteiger partial charge in [-0.2, -0.15) is 10.4 Å². The minimum atomic E-state index is -0.447. The maximum absolute atomic E-state index is 9.35. The van der Waals surface area contributed by atoms with Gasteiger partial charge in [-0.25, -0.2) is 0 Å². The van der Waals surface area contributed by atoms with E-state index in [2.05, 4.69) is 23.4 Å². The van der Waals surface area contributed by atoms with Gasteiger partial charge in [-0.3, -0.25) is 4.68 Å². The quantitative estimate of drug-likeness (QED) is 0.876. The second-order valence-electron chi connectivity index (χ2n) is 4.44. The molecule has 0 aliphatic carbocycles. The highest BCUT2D eigenvalue weighted by molar-refractivity contribution is 5.58. The molecule has 0 radical (unpaired) electrons. The molecule has 0 amide bonds. The second kappa shape index (κ2) is 6.62. The summed E-state index contributed by atoms with van der Waals surface area (Å²) >= 11 is 0. The van der Waals surface area contributed by atoms with Crippen molar-refractivity contribution in [3.05, 3.63) is 42.2 Å².